The number of carbonyl (C=O) groups is 2. The number of nitrogens with zero attached hydrogens (tertiary/aromatic N) is 1. The second-order valence-corrected chi connectivity index (χ2v) is 8.54. The third-order valence-corrected chi connectivity index (χ3v) is 6.66. The van der Waals surface area contributed by atoms with Crippen LogP contribution < -0.4 is 16.4 Å². The Morgan fingerprint density at radius 2 is 1.86 bits per heavy atom. The molecular formula is C18H29ClN4O4S. The van der Waals surface area contributed by atoms with E-state index in [1.54, 1.807) is 13.8 Å². The smallest absolute Gasteiger partial charge is 0.251 e. The zero-order chi connectivity index (χ0) is 20.0. The van der Waals surface area contributed by atoms with Gasteiger partial charge in [-0.2, -0.15) is 4.31 Å². The maximum absolute atomic E-state index is 12.6. The molecule has 1 aliphatic rings. The van der Waals surface area contributed by atoms with Gasteiger partial charge in [-0.25, -0.2) is 8.42 Å². The molecule has 1 fully saturated rings. The molecule has 28 heavy (non-hydrogen) atoms. The van der Waals surface area contributed by atoms with Gasteiger partial charge in [0, 0.05) is 31.2 Å². The lowest BCUT2D eigenvalue weighted by Crippen LogP contribution is -2.43. The third kappa shape index (κ3) is 6.44. The second-order valence-electron chi connectivity index (χ2n) is 6.61. The first-order chi connectivity index (χ1) is 12.8. The average Bonchev–Trinajstić information content (AvgIpc) is 3.50. The lowest BCUT2D eigenvalue weighted by atomic mass is 10.2. The number of nitrogens with two attached hydrogens (primary N) is 1. The molecule has 2 amide bonds. The molecule has 0 spiro atoms. The fraction of sp³-hybridized carbons (Fsp3) is 0.556. The number of amides is 2. The van der Waals surface area contributed by atoms with E-state index in [1.165, 1.54) is 28.6 Å². The summed E-state index contributed by atoms with van der Waals surface area (Å²) >= 11 is 0. The van der Waals surface area contributed by atoms with Crippen LogP contribution in [0.3, 0.4) is 0 Å². The summed E-state index contributed by atoms with van der Waals surface area (Å²) in [4.78, 5) is 24.2. The van der Waals surface area contributed by atoms with Crippen LogP contribution in [-0.2, 0) is 14.8 Å². The standard InChI is InChI=1S/C18H28N4O4S.ClH/c1-3-22(4-2)27(25,26)15-7-5-6-14(10-15)18(24)21-12-17(23)20-11-16(19)13-8-9-13;/h5-7,10,13,16H,3-4,8-9,11-12,19H2,1-2H3,(H,20,23)(H,21,24);1H. The highest BCUT2D eigenvalue weighted by molar-refractivity contribution is 7.89. The molecule has 0 bridgehead atoms. The molecular weight excluding hydrogens is 404 g/mol. The molecule has 0 aliphatic heterocycles. The van der Waals surface area contributed by atoms with E-state index in [4.69, 9.17) is 5.73 Å². The largest absolute Gasteiger partial charge is 0.353 e. The van der Waals surface area contributed by atoms with Gasteiger partial charge >= 0.3 is 0 Å². The Bertz CT molecular complexity index is 780. The van der Waals surface area contributed by atoms with Crippen LogP contribution in [0.1, 0.15) is 37.0 Å². The number of benzene rings is 1. The molecule has 1 saturated carbocycles. The molecule has 1 aliphatic carbocycles. The predicted molar refractivity (Wildman–Crippen MR) is 110 cm³/mol. The highest BCUT2D eigenvalue weighted by Crippen LogP contribution is 2.31. The van der Waals surface area contributed by atoms with Crippen LogP contribution in [0.15, 0.2) is 29.2 Å². The Kier molecular flexibility index (Phi) is 9.35. The average molecular weight is 433 g/mol. The van der Waals surface area contributed by atoms with Gasteiger partial charge in [-0.05, 0) is 37.0 Å². The van der Waals surface area contributed by atoms with E-state index in [2.05, 4.69) is 10.6 Å². The van der Waals surface area contributed by atoms with E-state index < -0.39 is 15.9 Å². The van der Waals surface area contributed by atoms with E-state index in [0.717, 1.165) is 12.8 Å². The van der Waals surface area contributed by atoms with Crippen molar-refractivity contribution in [3.63, 3.8) is 0 Å². The molecule has 1 aromatic rings. The van der Waals surface area contributed by atoms with Crippen LogP contribution in [0.2, 0.25) is 0 Å². The van der Waals surface area contributed by atoms with Gasteiger partial charge in [-0.1, -0.05) is 19.9 Å². The SMILES string of the molecule is CCN(CC)S(=O)(=O)c1cccc(C(=O)NCC(=O)NCC(N)C2CC2)c1.Cl. The fourth-order valence-corrected chi connectivity index (χ4v) is 4.26. The summed E-state index contributed by atoms with van der Waals surface area (Å²) in [7, 11) is -3.65. The van der Waals surface area contributed by atoms with Gasteiger partial charge in [0.25, 0.3) is 5.91 Å². The van der Waals surface area contributed by atoms with Crippen LogP contribution >= 0.6 is 12.4 Å². The van der Waals surface area contributed by atoms with Gasteiger partial charge in [0.1, 0.15) is 0 Å². The van der Waals surface area contributed by atoms with Gasteiger partial charge in [0.05, 0.1) is 11.4 Å². The van der Waals surface area contributed by atoms with Gasteiger partial charge in [-0.3, -0.25) is 9.59 Å². The molecule has 0 radical (unpaired) electrons. The summed E-state index contributed by atoms with van der Waals surface area (Å²) in [5.41, 5.74) is 6.10. The lowest BCUT2D eigenvalue weighted by Gasteiger charge is -2.18. The number of halogens is 1. The molecule has 1 aromatic carbocycles. The van der Waals surface area contributed by atoms with E-state index >= 15 is 0 Å². The number of rotatable bonds is 10. The molecule has 0 aromatic heterocycles. The van der Waals surface area contributed by atoms with Crippen LogP contribution in [0.5, 0.6) is 0 Å². The topological polar surface area (TPSA) is 122 Å². The van der Waals surface area contributed by atoms with E-state index in [9.17, 15) is 18.0 Å². The maximum atomic E-state index is 12.6. The highest BCUT2D eigenvalue weighted by Gasteiger charge is 2.28. The Morgan fingerprint density at radius 1 is 1.21 bits per heavy atom. The molecule has 10 heteroatoms. The molecule has 4 N–H and O–H groups in total. The van der Waals surface area contributed by atoms with Crippen molar-refractivity contribution in [2.24, 2.45) is 11.7 Å². The van der Waals surface area contributed by atoms with Crippen LogP contribution in [0.4, 0.5) is 0 Å². The van der Waals surface area contributed by atoms with Crippen molar-refractivity contribution >= 4 is 34.2 Å². The molecule has 158 valence electrons. The summed E-state index contributed by atoms with van der Waals surface area (Å²) in [5, 5.41) is 5.20. The van der Waals surface area contributed by atoms with Gasteiger partial charge in [0.15, 0.2) is 0 Å². The molecule has 1 unspecified atom stereocenters. The normalized spacial score (nSPS) is 14.9. The van der Waals surface area contributed by atoms with Gasteiger partial charge in [0.2, 0.25) is 15.9 Å². The summed E-state index contributed by atoms with van der Waals surface area (Å²) in [6.45, 7) is 4.40. The Morgan fingerprint density at radius 3 is 2.43 bits per heavy atom. The fourth-order valence-electron chi connectivity index (χ4n) is 2.76. The number of hydrogen-bond donors (Lipinski definition) is 3. The van der Waals surface area contributed by atoms with Gasteiger partial charge < -0.3 is 16.4 Å². The van der Waals surface area contributed by atoms with Crippen molar-refractivity contribution in [2.45, 2.75) is 37.6 Å². The van der Waals surface area contributed by atoms with Crippen molar-refractivity contribution in [3.05, 3.63) is 29.8 Å². The van der Waals surface area contributed by atoms with Crippen molar-refractivity contribution in [3.8, 4) is 0 Å². The summed E-state index contributed by atoms with van der Waals surface area (Å²) in [5.74, 6) is -0.352. The van der Waals surface area contributed by atoms with E-state index in [-0.39, 0.29) is 41.4 Å². The minimum atomic E-state index is -3.65. The van der Waals surface area contributed by atoms with Crippen molar-refractivity contribution in [2.75, 3.05) is 26.2 Å². The number of hydrogen-bond acceptors (Lipinski definition) is 5. The summed E-state index contributed by atoms with van der Waals surface area (Å²) < 4.78 is 26.4. The second kappa shape index (κ2) is 10.8. The maximum Gasteiger partial charge on any atom is 0.251 e. The quantitative estimate of drug-likeness (QED) is 0.503. The molecule has 2 rings (SSSR count). The van der Waals surface area contributed by atoms with E-state index in [1.807, 2.05) is 0 Å². The minimum absolute atomic E-state index is 0. The molecule has 0 heterocycles. The predicted octanol–water partition coefficient (Wildman–Crippen LogP) is 0.722. The summed E-state index contributed by atoms with van der Waals surface area (Å²) in [6.07, 6.45) is 2.20. The number of nitrogens with one attached hydrogen (secondary N) is 2. The van der Waals surface area contributed by atoms with Crippen LogP contribution in [-0.4, -0.2) is 56.8 Å². The Hall–Kier alpha value is -1.68. The van der Waals surface area contributed by atoms with Crippen LogP contribution in [0.25, 0.3) is 0 Å². The summed E-state index contributed by atoms with van der Waals surface area (Å²) in [6, 6.07) is 5.75. The molecule has 1 atom stereocenters. The first-order valence-corrected chi connectivity index (χ1v) is 10.6. The van der Waals surface area contributed by atoms with Crippen LogP contribution in [0, 0.1) is 5.92 Å². The Balaban J connectivity index is 0.00000392. The third-order valence-electron chi connectivity index (χ3n) is 4.61. The lowest BCUT2D eigenvalue weighted by molar-refractivity contribution is -0.120. The Labute approximate surface area is 172 Å². The van der Waals surface area contributed by atoms with Crippen molar-refractivity contribution in [1.82, 2.24) is 14.9 Å². The van der Waals surface area contributed by atoms with Gasteiger partial charge in [-0.15, -0.1) is 12.4 Å². The first-order valence-electron chi connectivity index (χ1n) is 9.20. The zero-order valence-corrected chi connectivity index (χ0v) is 17.8. The zero-order valence-electron chi connectivity index (χ0n) is 16.2. The molecule has 8 nitrogen and oxygen atoms in total. The minimum Gasteiger partial charge on any atom is -0.353 e. The first kappa shape index (κ1) is 24.4. The van der Waals surface area contributed by atoms with E-state index in [0.29, 0.717) is 25.6 Å². The monoisotopic (exact) mass is 432 g/mol. The molecule has 0 saturated heterocycles. The van der Waals surface area contributed by atoms with Crippen molar-refractivity contribution in [1.29, 1.82) is 0 Å². The highest BCUT2D eigenvalue weighted by atomic mass is 35.5. The van der Waals surface area contributed by atoms with Crippen molar-refractivity contribution < 1.29 is 18.0 Å². The number of carbonyl (C=O) groups excluding carboxylic acids is 2. The number of sulfonamides is 1.